The van der Waals surface area contributed by atoms with Crippen LogP contribution in [0.5, 0.6) is 0 Å². The van der Waals surface area contributed by atoms with E-state index in [1.54, 1.807) is 30.4 Å². The van der Waals surface area contributed by atoms with E-state index in [1.807, 2.05) is 36.2 Å². The molecule has 2 N–H and O–H groups in total. The van der Waals surface area contributed by atoms with Crippen LogP contribution in [0.4, 0.5) is 28.8 Å². The molecule has 1 amide bonds. The number of aliphatic hydroxyl groups excluding tert-OH is 1. The third-order valence-corrected chi connectivity index (χ3v) is 7.23. The quantitative estimate of drug-likeness (QED) is 0.438. The van der Waals surface area contributed by atoms with E-state index >= 15 is 0 Å². The summed E-state index contributed by atoms with van der Waals surface area (Å²) in [4.78, 5) is 34.3. The normalized spacial score (nSPS) is 16.1. The first-order chi connectivity index (χ1) is 19.4. The minimum Gasteiger partial charge on any atom is -0.395 e. The monoisotopic (exact) mass is 546 g/mol. The molecule has 3 aromatic rings. The molecule has 2 aliphatic rings. The number of rotatable bonds is 8. The molecule has 0 aliphatic carbocycles. The lowest BCUT2D eigenvalue weighted by molar-refractivity contribution is -0.176. The van der Waals surface area contributed by atoms with Gasteiger partial charge >= 0.3 is 0 Å². The molecule has 0 atom stereocenters. The molecule has 2 aliphatic heterocycles. The fourth-order valence-corrected chi connectivity index (χ4v) is 5.13. The van der Waals surface area contributed by atoms with Crippen LogP contribution >= 0.6 is 0 Å². The Kier molecular flexibility index (Phi) is 8.46. The van der Waals surface area contributed by atoms with Gasteiger partial charge in [0.25, 0.3) is 5.91 Å². The molecule has 1 saturated heterocycles. The zero-order valence-corrected chi connectivity index (χ0v) is 23.7. The van der Waals surface area contributed by atoms with Crippen molar-refractivity contribution in [3.05, 3.63) is 65.4 Å². The van der Waals surface area contributed by atoms with Gasteiger partial charge in [0.2, 0.25) is 5.95 Å². The van der Waals surface area contributed by atoms with Crippen LogP contribution in [0.3, 0.4) is 0 Å². The van der Waals surface area contributed by atoms with Crippen LogP contribution in [0.25, 0.3) is 0 Å². The first-order valence-corrected chi connectivity index (χ1v) is 13.7. The molecule has 11 heteroatoms. The number of aryl methyl sites for hydroxylation is 1. The number of fused-ring (bicyclic) bond motifs is 1. The number of amides is 1. The predicted octanol–water partition coefficient (Wildman–Crippen LogP) is 3.16. The van der Waals surface area contributed by atoms with Crippen molar-refractivity contribution < 1.29 is 14.7 Å². The highest BCUT2D eigenvalue weighted by atomic mass is 16.7. The van der Waals surface area contributed by atoms with E-state index in [2.05, 4.69) is 45.2 Å². The lowest BCUT2D eigenvalue weighted by atomic mass is 10.1. The van der Waals surface area contributed by atoms with Crippen molar-refractivity contribution in [2.24, 2.45) is 0 Å². The summed E-state index contributed by atoms with van der Waals surface area (Å²) in [7, 11) is 3.48. The average Bonchev–Trinajstić information content (AvgIpc) is 2.97. The lowest BCUT2D eigenvalue weighted by Crippen LogP contribution is -2.47. The summed E-state index contributed by atoms with van der Waals surface area (Å²) in [6, 6.07) is 13.8. The van der Waals surface area contributed by atoms with E-state index in [0.717, 1.165) is 49.7 Å². The van der Waals surface area contributed by atoms with E-state index in [4.69, 9.17) is 9.82 Å². The lowest BCUT2D eigenvalue weighted by Gasteiger charge is -2.38. The minimum atomic E-state index is -0.0704. The van der Waals surface area contributed by atoms with Gasteiger partial charge in [0.05, 0.1) is 12.3 Å². The number of carbonyl (C=O) groups is 1. The summed E-state index contributed by atoms with van der Waals surface area (Å²) < 4.78 is 0. The molecule has 1 fully saturated rings. The predicted molar refractivity (Wildman–Crippen MR) is 156 cm³/mol. The van der Waals surface area contributed by atoms with Crippen LogP contribution in [-0.2, 0) is 11.4 Å². The van der Waals surface area contributed by atoms with Crippen LogP contribution in [0, 0.1) is 6.92 Å². The van der Waals surface area contributed by atoms with E-state index in [0.29, 0.717) is 30.5 Å². The zero-order chi connectivity index (χ0) is 28.2. The van der Waals surface area contributed by atoms with Crippen LogP contribution in [0.2, 0.25) is 0 Å². The number of nitrogens with zero attached hydrogens (tertiary/aromatic N) is 7. The van der Waals surface area contributed by atoms with Gasteiger partial charge in [-0.05, 0) is 55.8 Å². The van der Waals surface area contributed by atoms with E-state index < -0.39 is 0 Å². The molecule has 40 heavy (non-hydrogen) atoms. The third kappa shape index (κ3) is 5.87. The Bertz CT molecular complexity index is 1340. The van der Waals surface area contributed by atoms with Crippen molar-refractivity contribution >= 4 is 34.7 Å². The van der Waals surface area contributed by atoms with Gasteiger partial charge in [-0.3, -0.25) is 14.5 Å². The van der Waals surface area contributed by atoms with Crippen molar-refractivity contribution in [2.45, 2.75) is 20.5 Å². The average molecular weight is 547 g/mol. The van der Waals surface area contributed by atoms with Gasteiger partial charge in [0.1, 0.15) is 6.61 Å². The molecule has 11 nitrogen and oxygen atoms in total. The Balaban J connectivity index is 1.38. The Morgan fingerprint density at radius 1 is 1.12 bits per heavy atom. The standard InChI is InChI=1S/C29H38N8O3/c1-5-36-37(25-8-6-7-22(18-25)28(39)33(3)4)27-23(20-40-36)19-30-29(32-27)31-24-9-10-26(21(2)17-24)35-13-11-34(12-14-35)15-16-38/h6-10,17-19,38H,5,11-16,20H2,1-4H3,(H,30,31,32). The Hall–Kier alpha value is -3.77. The van der Waals surface area contributed by atoms with Gasteiger partial charge in [0, 0.05) is 82.1 Å². The molecule has 0 unspecified atom stereocenters. The van der Waals surface area contributed by atoms with Crippen molar-refractivity contribution in [1.29, 1.82) is 0 Å². The molecule has 0 radical (unpaired) electrons. The number of piperazine rings is 1. The van der Waals surface area contributed by atoms with Crippen LogP contribution < -0.4 is 15.2 Å². The molecular formula is C29H38N8O3. The number of β-amino-alcohol motifs (C(OH)–C–C–N with tert-alkyl or cyclic N) is 1. The molecule has 5 rings (SSSR count). The first kappa shape index (κ1) is 27.8. The number of aliphatic hydroxyl groups is 1. The molecular weight excluding hydrogens is 508 g/mol. The van der Waals surface area contributed by atoms with E-state index in [1.165, 1.54) is 11.3 Å². The molecule has 0 spiro atoms. The van der Waals surface area contributed by atoms with E-state index in [9.17, 15) is 9.90 Å². The van der Waals surface area contributed by atoms with Gasteiger partial charge in [0.15, 0.2) is 5.82 Å². The second-order valence-electron chi connectivity index (χ2n) is 10.2. The number of hydrogen-bond donors (Lipinski definition) is 2. The zero-order valence-electron chi connectivity index (χ0n) is 23.7. The summed E-state index contributed by atoms with van der Waals surface area (Å²) >= 11 is 0. The Morgan fingerprint density at radius 3 is 2.62 bits per heavy atom. The molecule has 212 valence electrons. The second-order valence-corrected chi connectivity index (χ2v) is 10.2. The topological polar surface area (TPSA) is 101 Å². The highest BCUT2D eigenvalue weighted by molar-refractivity contribution is 5.95. The summed E-state index contributed by atoms with van der Waals surface area (Å²) in [5.74, 6) is 1.11. The largest absolute Gasteiger partial charge is 0.395 e. The molecule has 2 aromatic carbocycles. The smallest absolute Gasteiger partial charge is 0.253 e. The van der Waals surface area contributed by atoms with Crippen LogP contribution in [0.15, 0.2) is 48.7 Å². The number of aromatic nitrogens is 2. The maximum absolute atomic E-state index is 12.6. The maximum Gasteiger partial charge on any atom is 0.253 e. The first-order valence-electron chi connectivity index (χ1n) is 13.7. The van der Waals surface area contributed by atoms with Crippen LogP contribution in [0.1, 0.15) is 28.4 Å². The summed E-state index contributed by atoms with van der Waals surface area (Å²) in [6.45, 7) is 9.78. The third-order valence-electron chi connectivity index (χ3n) is 7.23. The Labute approximate surface area is 235 Å². The van der Waals surface area contributed by atoms with Gasteiger partial charge in [-0.2, -0.15) is 4.98 Å². The highest BCUT2D eigenvalue weighted by Gasteiger charge is 2.29. The number of benzene rings is 2. The van der Waals surface area contributed by atoms with Gasteiger partial charge in [-0.1, -0.05) is 11.2 Å². The van der Waals surface area contributed by atoms with Crippen molar-refractivity contribution in [3.63, 3.8) is 0 Å². The summed E-state index contributed by atoms with van der Waals surface area (Å²) in [5, 5.41) is 16.2. The SMILES string of the molecule is CCN1OCc2cnc(Nc3ccc(N4CCN(CCO)CC4)c(C)c3)nc2N1c1cccc(C(=O)N(C)C)c1. The van der Waals surface area contributed by atoms with Gasteiger partial charge in [-0.25, -0.2) is 9.99 Å². The number of hydroxylamine groups is 1. The number of anilines is 5. The van der Waals surface area contributed by atoms with Gasteiger partial charge in [-0.15, -0.1) is 0 Å². The summed E-state index contributed by atoms with van der Waals surface area (Å²) in [6.07, 6.45) is 1.78. The van der Waals surface area contributed by atoms with Gasteiger partial charge < -0.3 is 20.2 Å². The number of hydrazine groups is 1. The fraction of sp³-hybridized carbons (Fsp3) is 0.414. The minimum absolute atomic E-state index is 0.0704. The van der Waals surface area contributed by atoms with Crippen LogP contribution in [-0.4, -0.2) is 95.9 Å². The van der Waals surface area contributed by atoms with Crippen molar-refractivity contribution in [3.8, 4) is 0 Å². The number of carbonyl (C=O) groups excluding carboxylic acids is 1. The molecule has 1 aromatic heterocycles. The fourth-order valence-electron chi connectivity index (χ4n) is 5.13. The molecule has 0 bridgehead atoms. The second kappa shape index (κ2) is 12.2. The molecule has 0 saturated carbocycles. The maximum atomic E-state index is 12.6. The summed E-state index contributed by atoms with van der Waals surface area (Å²) in [5.41, 5.74) is 5.52. The highest BCUT2D eigenvalue weighted by Crippen LogP contribution is 2.35. The number of nitrogens with one attached hydrogen (secondary N) is 1. The Morgan fingerprint density at radius 2 is 1.93 bits per heavy atom. The molecule has 3 heterocycles. The number of hydrogen-bond acceptors (Lipinski definition) is 10. The van der Waals surface area contributed by atoms with E-state index in [-0.39, 0.29) is 12.5 Å². The van der Waals surface area contributed by atoms with Crippen molar-refractivity contribution in [1.82, 2.24) is 24.9 Å². The van der Waals surface area contributed by atoms with Crippen molar-refractivity contribution in [2.75, 3.05) is 75.2 Å².